The molecule has 1 rings (SSSR count). The van der Waals surface area contributed by atoms with Gasteiger partial charge < -0.3 is 0 Å². The molecule has 1 unspecified atom stereocenters. The fraction of sp³-hybridized carbons (Fsp3) is 0.571. The minimum Gasteiger partial charge on any atom is -0.287 e. The van der Waals surface area contributed by atoms with Gasteiger partial charge in [0.05, 0.1) is 0 Å². The van der Waals surface area contributed by atoms with Gasteiger partial charge in [0, 0.05) is 11.7 Å². The third kappa shape index (κ3) is 1.58. The van der Waals surface area contributed by atoms with E-state index in [1.54, 1.807) is 0 Å². The Balaban J connectivity index is 2.39. The van der Waals surface area contributed by atoms with E-state index in [1.165, 1.54) is 11.8 Å². The first kappa shape index (κ1) is 6.87. The molecule has 0 amide bonds. The molecule has 1 nitrogen and oxygen atoms in total. The standard InChI is InChI=1S/C7H10OS/c1-2-3-6-4-5-9-7(6)8/h2,6H,1,3-5H2. The number of hydrogen-bond donors (Lipinski definition) is 0. The van der Waals surface area contributed by atoms with Crippen molar-refractivity contribution in [1.82, 2.24) is 0 Å². The second kappa shape index (κ2) is 3.06. The van der Waals surface area contributed by atoms with Crippen molar-refractivity contribution >= 4 is 16.9 Å². The third-order valence-corrected chi connectivity index (χ3v) is 2.55. The van der Waals surface area contributed by atoms with Crippen molar-refractivity contribution in [2.75, 3.05) is 5.75 Å². The van der Waals surface area contributed by atoms with Crippen molar-refractivity contribution in [3.8, 4) is 0 Å². The Labute approximate surface area is 59.5 Å². The van der Waals surface area contributed by atoms with E-state index in [-0.39, 0.29) is 5.92 Å². The Hall–Kier alpha value is -0.240. The van der Waals surface area contributed by atoms with Crippen molar-refractivity contribution in [2.45, 2.75) is 12.8 Å². The molecule has 1 saturated heterocycles. The molecule has 2 heteroatoms. The van der Waals surface area contributed by atoms with Crippen LogP contribution >= 0.6 is 11.8 Å². The predicted molar refractivity (Wildman–Crippen MR) is 40.4 cm³/mol. The molecule has 0 radical (unpaired) electrons. The van der Waals surface area contributed by atoms with Crippen LogP contribution in [-0.4, -0.2) is 10.9 Å². The van der Waals surface area contributed by atoms with Crippen molar-refractivity contribution in [1.29, 1.82) is 0 Å². The molecule has 1 atom stereocenters. The highest BCUT2D eigenvalue weighted by atomic mass is 32.2. The van der Waals surface area contributed by atoms with Crippen molar-refractivity contribution < 1.29 is 4.79 Å². The third-order valence-electron chi connectivity index (χ3n) is 1.50. The zero-order valence-electron chi connectivity index (χ0n) is 5.30. The van der Waals surface area contributed by atoms with Crippen LogP contribution in [0.2, 0.25) is 0 Å². The summed E-state index contributed by atoms with van der Waals surface area (Å²) in [4.78, 5) is 10.9. The van der Waals surface area contributed by atoms with Crippen LogP contribution in [-0.2, 0) is 4.79 Å². The molecule has 0 saturated carbocycles. The van der Waals surface area contributed by atoms with Crippen LogP contribution in [0.5, 0.6) is 0 Å². The van der Waals surface area contributed by atoms with E-state index < -0.39 is 0 Å². The molecule has 0 aromatic heterocycles. The van der Waals surface area contributed by atoms with Crippen LogP contribution in [0.3, 0.4) is 0 Å². The number of thioether (sulfide) groups is 1. The summed E-state index contributed by atoms with van der Waals surface area (Å²) in [5, 5.41) is 0.356. The number of allylic oxidation sites excluding steroid dienone is 1. The molecular weight excluding hydrogens is 132 g/mol. The lowest BCUT2D eigenvalue weighted by Gasteiger charge is -1.98. The topological polar surface area (TPSA) is 17.1 Å². The van der Waals surface area contributed by atoms with Gasteiger partial charge in [0.2, 0.25) is 0 Å². The maximum atomic E-state index is 10.9. The fourth-order valence-electron chi connectivity index (χ4n) is 0.953. The van der Waals surface area contributed by atoms with Gasteiger partial charge in [-0.3, -0.25) is 4.79 Å². The van der Waals surface area contributed by atoms with Gasteiger partial charge in [-0.15, -0.1) is 6.58 Å². The van der Waals surface area contributed by atoms with E-state index in [9.17, 15) is 4.79 Å². The average Bonchev–Trinajstić information content (AvgIpc) is 2.18. The van der Waals surface area contributed by atoms with E-state index in [4.69, 9.17) is 0 Å². The molecule has 1 aliphatic heterocycles. The lowest BCUT2D eigenvalue weighted by Crippen LogP contribution is -2.01. The summed E-state index contributed by atoms with van der Waals surface area (Å²) in [5.41, 5.74) is 0. The lowest BCUT2D eigenvalue weighted by atomic mass is 10.1. The maximum absolute atomic E-state index is 10.9. The van der Waals surface area contributed by atoms with E-state index in [1.807, 2.05) is 6.08 Å². The number of carbonyl (C=O) groups is 1. The Kier molecular flexibility index (Phi) is 2.34. The summed E-state index contributed by atoms with van der Waals surface area (Å²) in [6.07, 6.45) is 3.75. The van der Waals surface area contributed by atoms with Gasteiger partial charge in [0.25, 0.3) is 0 Å². The quantitative estimate of drug-likeness (QED) is 0.547. The highest BCUT2D eigenvalue weighted by molar-refractivity contribution is 8.14. The molecular formula is C7H10OS. The van der Waals surface area contributed by atoms with Crippen LogP contribution in [0.4, 0.5) is 0 Å². The monoisotopic (exact) mass is 142 g/mol. The molecule has 9 heavy (non-hydrogen) atoms. The van der Waals surface area contributed by atoms with E-state index >= 15 is 0 Å². The summed E-state index contributed by atoms with van der Waals surface area (Å²) < 4.78 is 0. The molecule has 0 aliphatic carbocycles. The predicted octanol–water partition coefficient (Wildman–Crippen LogP) is 1.84. The average molecular weight is 142 g/mol. The van der Waals surface area contributed by atoms with Crippen LogP contribution in [0, 0.1) is 5.92 Å². The number of rotatable bonds is 2. The Bertz CT molecular complexity index is 131. The summed E-state index contributed by atoms with van der Waals surface area (Å²) in [5.74, 6) is 1.30. The molecule has 0 N–H and O–H groups in total. The molecule has 1 heterocycles. The van der Waals surface area contributed by atoms with Crippen LogP contribution in [0.25, 0.3) is 0 Å². The van der Waals surface area contributed by atoms with Gasteiger partial charge in [-0.25, -0.2) is 0 Å². The summed E-state index contributed by atoms with van der Waals surface area (Å²) in [6, 6.07) is 0. The van der Waals surface area contributed by atoms with Gasteiger partial charge >= 0.3 is 0 Å². The van der Waals surface area contributed by atoms with Gasteiger partial charge in [0.1, 0.15) is 0 Å². The highest BCUT2D eigenvalue weighted by Crippen LogP contribution is 2.27. The van der Waals surface area contributed by atoms with Crippen LogP contribution in [0.1, 0.15) is 12.8 Å². The molecule has 50 valence electrons. The largest absolute Gasteiger partial charge is 0.287 e. The molecule has 0 aromatic carbocycles. The Morgan fingerprint density at radius 1 is 1.89 bits per heavy atom. The first-order valence-electron chi connectivity index (χ1n) is 3.12. The highest BCUT2D eigenvalue weighted by Gasteiger charge is 2.23. The second-order valence-electron chi connectivity index (χ2n) is 2.18. The van der Waals surface area contributed by atoms with E-state index in [2.05, 4.69) is 6.58 Å². The van der Waals surface area contributed by atoms with Gasteiger partial charge in [-0.1, -0.05) is 17.8 Å². The van der Waals surface area contributed by atoms with Crippen LogP contribution < -0.4 is 0 Å². The van der Waals surface area contributed by atoms with E-state index in [0.29, 0.717) is 5.12 Å². The zero-order chi connectivity index (χ0) is 6.69. The number of hydrogen-bond acceptors (Lipinski definition) is 2. The molecule has 1 fully saturated rings. The summed E-state index contributed by atoms with van der Waals surface area (Å²) >= 11 is 1.46. The summed E-state index contributed by atoms with van der Waals surface area (Å²) in [7, 11) is 0. The normalized spacial score (nSPS) is 26.7. The molecule has 0 bridgehead atoms. The smallest absolute Gasteiger partial charge is 0.192 e. The first-order chi connectivity index (χ1) is 4.34. The molecule has 0 spiro atoms. The second-order valence-corrected chi connectivity index (χ2v) is 3.28. The zero-order valence-corrected chi connectivity index (χ0v) is 6.12. The van der Waals surface area contributed by atoms with Crippen molar-refractivity contribution in [2.24, 2.45) is 5.92 Å². The number of carbonyl (C=O) groups excluding carboxylic acids is 1. The van der Waals surface area contributed by atoms with Gasteiger partial charge in [0.15, 0.2) is 5.12 Å². The minimum atomic E-state index is 0.285. The Morgan fingerprint density at radius 2 is 2.67 bits per heavy atom. The molecule has 1 aliphatic rings. The first-order valence-corrected chi connectivity index (χ1v) is 4.10. The maximum Gasteiger partial charge on any atom is 0.192 e. The lowest BCUT2D eigenvalue weighted by molar-refractivity contribution is -0.113. The minimum absolute atomic E-state index is 0.285. The van der Waals surface area contributed by atoms with Crippen LogP contribution in [0.15, 0.2) is 12.7 Å². The Morgan fingerprint density at radius 3 is 3.11 bits per heavy atom. The van der Waals surface area contributed by atoms with E-state index in [0.717, 1.165) is 18.6 Å². The van der Waals surface area contributed by atoms with Crippen molar-refractivity contribution in [3.05, 3.63) is 12.7 Å². The molecule has 0 aromatic rings. The van der Waals surface area contributed by atoms with Gasteiger partial charge in [-0.05, 0) is 12.8 Å². The fourth-order valence-corrected chi connectivity index (χ4v) is 2.01. The summed E-state index contributed by atoms with van der Waals surface area (Å²) in [6.45, 7) is 3.60. The SMILES string of the molecule is C=CCC1CCSC1=O. The van der Waals surface area contributed by atoms with Crippen molar-refractivity contribution in [3.63, 3.8) is 0 Å². The van der Waals surface area contributed by atoms with Gasteiger partial charge in [-0.2, -0.15) is 0 Å².